The first kappa shape index (κ1) is 12.1. The maximum absolute atomic E-state index is 11.6. The van der Waals surface area contributed by atoms with E-state index in [1.54, 1.807) is 41.3 Å². The van der Waals surface area contributed by atoms with E-state index >= 15 is 0 Å². The monoisotopic (exact) mass is 246 g/mol. The Bertz CT molecular complexity index is 493. The van der Waals surface area contributed by atoms with E-state index in [1.165, 1.54) is 0 Å². The lowest BCUT2D eigenvalue weighted by Gasteiger charge is -2.05. The number of carbonyl (C=O) groups is 1. The Balaban J connectivity index is 1.73. The number of amides is 1. The van der Waals surface area contributed by atoms with E-state index in [9.17, 15) is 4.79 Å². The van der Waals surface area contributed by atoms with E-state index in [2.05, 4.69) is 15.6 Å². The van der Waals surface area contributed by atoms with Crippen LogP contribution in [0.15, 0.2) is 36.7 Å². The molecule has 18 heavy (non-hydrogen) atoms. The number of hydrogen-bond acceptors (Lipinski definition) is 4. The summed E-state index contributed by atoms with van der Waals surface area (Å²) in [4.78, 5) is 11.6. The first-order valence-corrected chi connectivity index (χ1v) is 5.63. The fraction of sp³-hybridized carbons (Fsp3) is 0.250. The van der Waals surface area contributed by atoms with Crippen molar-refractivity contribution in [3.05, 3.63) is 42.2 Å². The molecule has 0 saturated heterocycles. The molecule has 0 radical (unpaired) electrons. The van der Waals surface area contributed by atoms with Crippen LogP contribution in [0.5, 0.6) is 5.75 Å². The van der Waals surface area contributed by atoms with E-state index < -0.39 is 0 Å². The van der Waals surface area contributed by atoms with Crippen molar-refractivity contribution in [3.8, 4) is 5.75 Å². The van der Waals surface area contributed by atoms with E-state index in [-0.39, 0.29) is 11.7 Å². The molecule has 0 unspecified atom stereocenters. The molecule has 2 aromatic rings. The number of nitrogens with one attached hydrogen (secondary N) is 1. The van der Waals surface area contributed by atoms with Gasteiger partial charge in [0.1, 0.15) is 5.75 Å². The highest BCUT2D eigenvalue weighted by Crippen LogP contribution is 2.09. The number of phenols is 1. The third-order valence-corrected chi connectivity index (χ3v) is 2.47. The minimum Gasteiger partial charge on any atom is -0.508 e. The zero-order valence-corrected chi connectivity index (χ0v) is 9.78. The van der Waals surface area contributed by atoms with Crippen molar-refractivity contribution in [3.63, 3.8) is 0 Å². The van der Waals surface area contributed by atoms with Crippen molar-refractivity contribution in [2.75, 3.05) is 0 Å². The average Bonchev–Trinajstić information content (AvgIpc) is 2.89. The summed E-state index contributed by atoms with van der Waals surface area (Å²) in [6.07, 6.45) is 3.66. The molecule has 1 aromatic carbocycles. The quantitative estimate of drug-likeness (QED) is 0.813. The molecule has 0 fully saturated rings. The lowest BCUT2D eigenvalue weighted by Crippen LogP contribution is -2.24. The van der Waals surface area contributed by atoms with Crippen molar-refractivity contribution < 1.29 is 9.90 Å². The van der Waals surface area contributed by atoms with Crippen LogP contribution in [0.1, 0.15) is 12.0 Å². The van der Waals surface area contributed by atoms with E-state index in [0.29, 0.717) is 19.5 Å². The summed E-state index contributed by atoms with van der Waals surface area (Å²) in [5, 5.41) is 19.4. The molecule has 0 spiro atoms. The van der Waals surface area contributed by atoms with Gasteiger partial charge >= 0.3 is 0 Å². The van der Waals surface area contributed by atoms with Crippen LogP contribution in [0.3, 0.4) is 0 Å². The predicted octanol–water partition coefficient (Wildman–Crippen LogP) is 0.690. The number of hydrogen-bond donors (Lipinski definition) is 2. The minimum absolute atomic E-state index is 0.0430. The molecule has 2 N–H and O–H groups in total. The summed E-state index contributed by atoms with van der Waals surface area (Å²) in [6.45, 7) is 0.970. The fourth-order valence-electron chi connectivity index (χ4n) is 1.47. The molecular weight excluding hydrogens is 232 g/mol. The van der Waals surface area contributed by atoms with Crippen LogP contribution in [0.25, 0.3) is 0 Å². The first-order chi connectivity index (χ1) is 8.74. The van der Waals surface area contributed by atoms with Gasteiger partial charge in [-0.2, -0.15) is 0 Å². The molecule has 1 heterocycles. The summed E-state index contributed by atoms with van der Waals surface area (Å²) in [5.41, 5.74) is 0.946. The molecule has 1 amide bonds. The predicted molar refractivity (Wildman–Crippen MR) is 64.6 cm³/mol. The van der Waals surface area contributed by atoms with Crippen molar-refractivity contribution >= 4 is 5.91 Å². The van der Waals surface area contributed by atoms with Crippen LogP contribution >= 0.6 is 0 Å². The topological polar surface area (TPSA) is 80.0 Å². The van der Waals surface area contributed by atoms with Crippen LogP contribution in [-0.4, -0.2) is 26.0 Å². The summed E-state index contributed by atoms with van der Waals surface area (Å²) in [7, 11) is 0. The number of nitrogens with zero attached hydrogens (tertiary/aromatic N) is 3. The van der Waals surface area contributed by atoms with Crippen molar-refractivity contribution in [1.82, 2.24) is 20.3 Å². The van der Waals surface area contributed by atoms with Crippen LogP contribution in [0.2, 0.25) is 0 Å². The van der Waals surface area contributed by atoms with Gasteiger partial charge in [-0.05, 0) is 17.7 Å². The molecular formula is C12H14N4O2. The molecule has 2 rings (SSSR count). The second-order valence-corrected chi connectivity index (χ2v) is 3.86. The fourth-order valence-corrected chi connectivity index (χ4v) is 1.47. The lowest BCUT2D eigenvalue weighted by molar-refractivity contribution is -0.121. The molecule has 0 aliphatic heterocycles. The summed E-state index contributed by atoms with van der Waals surface area (Å²) in [5.74, 6) is 0.176. The van der Waals surface area contributed by atoms with E-state index in [1.807, 2.05) is 0 Å². The number of aryl methyl sites for hydroxylation is 1. The maximum atomic E-state index is 11.6. The number of carbonyl (C=O) groups excluding carboxylic acids is 1. The molecule has 0 saturated carbocycles. The first-order valence-electron chi connectivity index (χ1n) is 5.63. The molecule has 6 nitrogen and oxygen atoms in total. The third-order valence-electron chi connectivity index (χ3n) is 2.47. The van der Waals surface area contributed by atoms with Gasteiger partial charge in [0, 0.05) is 19.2 Å². The summed E-state index contributed by atoms with van der Waals surface area (Å²) in [6, 6.07) is 6.73. The largest absolute Gasteiger partial charge is 0.508 e. The van der Waals surface area contributed by atoms with Gasteiger partial charge in [0.2, 0.25) is 5.91 Å². The zero-order valence-electron chi connectivity index (χ0n) is 9.78. The van der Waals surface area contributed by atoms with Crippen molar-refractivity contribution in [1.29, 1.82) is 0 Å². The number of aromatic hydroxyl groups is 1. The number of phenolic OH excluding ortho intramolecular Hbond substituents is 1. The normalized spacial score (nSPS) is 10.2. The molecule has 0 atom stereocenters. The standard InChI is InChI=1S/C12H14N4O2/c17-11-3-1-10(2-4-11)9-13-12(18)5-7-16-8-6-14-15-16/h1-4,6,8,17H,5,7,9H2,(H,13,18). The summed E-state index contributed by atoms with van der Waals surface area (Å²) < 4.78 is 1.61. The van der Waals surface area contributed by atoms with Gasteiger partial charge in [-0.1, -0.05) is 17.3 Å². The van der Waals surface area contributed by atoms with Crippen LogP contribution in [0, 0.1) is 0 Å². The highest BCUT2D eigenvalue weighted by Gasteiger charge is 2.02. The highest BCUT2D eigenvalue weighted by atomic mass is 16.3. The van der Waals surface area contributed by atoms with Gasteiger partial charge < -0.3 is 10.4 Å². The Morgan fingerprint density at radius 1 is 1.33 bits per heavy atom. The third kappa shape index (κ3) is 3.58. The second kappa shape index (κ2) is 5.81. The van der Waals surface area contributed by atoms with Gasteiger partial charge in [-0.25, -0.2) is 0 Å². The van der Waals surface area contributed by atoms with Crippen LogP contribution in [-0.2, 0) is 17.9 Å². The Morgan fingerprint density at radius 3 is 2.78 bits per heavy atom. The number of rotatable bonds is 5. The van der Waals surface area contributed by atoms with E-state index in [0.717, 1.165) is 5.56 Å². The zero-order chi connectivity index (χ0) is 12.8. The molecule has 94 valence electrons. The smallest absolute Gasteiger partial charge is 0.222 e. The Kier molecular flexibility index (Phi) is 3.90. The van der Waals surface area contributed by atoms with Gasteiger partial charge in [0.05, 0.1) is 12.7 Å². The second-order valence-electron chi connectivity index (χ2n) is 3.86. The summed E-state index contributed by atoms with van der Waals surface area (Å²) >= 11 is 0. The van der Waals surface area contributed by atoms with Gasteiger partial charge in [-0.15, -0.1) is 5.10 Å². The maximum Gasteiger partial charge on any atom is 0.222 e. The van der Waals surface area contributed by atoms with Crippen molar-refractivity contribution in [2.45, 2.75) is 19.5 Å². The minimum atomic E-state index is -0.0430. The van der Waals surface area contributed by atoms with Crippen LogP contribution < -0.4 is 5.32 Å². The molecule has 6 heteroatoms. The van der Waals surface area contributed by atoms with E-state index in [4.69, 9.17) is 5.11 Å². The Hall–Kier alpha value is -2.37. The van der Waals surface area contributed by atoms with Gasteiger partial charge in [0.25, 0.3) is 0 Å². The Morgan fingerprint density at radius 2 is 2.11 bits per heavy atom. The van der Waals surface area contributed by atoms with Gasteiger partial charge in [-0.3, -0.25) is 9.48 Å². The highest BCUT2D eigenvalue weighted by molar-refractivity contribution is 5.75. The van der Waals surface area contributed by atoms with Crippen LogP contribution in [0.4, 0.5) is 0 Å². The molecule has 0 aliphatic rings. The Labute approximate surface area is 104 Å². The number of benzene rings is 1. The molecule has 1 aromatic heterocycles. The SMILES string of the molecule is O=C(CCn1ccnn1)NCc1ccc(O)cc1. The molecule has 0 bridgehead atoms. The van der Waals surface area contributed by atoms with Gasteiger partial charge in [0.15, 0.2) is 0 Å². The molecule has 0 aliphatic carbocycles. The number of aromatic nitrogens is 3. The average molecular weight is 246 g/mol. The van der Waals surface area contributed by atoms with Crippen molar-refractivity contribution in [2.24, 2.45) is 0 Å². The lowest BCUT2D eigenvalue weighted by atomic mass is 10.2.